The number of aliphatic hydroxyl groups is 2. The minimum atomic E-state index is -5.03. The first-order chi connectivity index (χ1) is 30.9. The average Bonchev–Trinajstić information content (AvgIpc) is 3.26. The number of carboxylic acids is 2. The molecule has 0 amide bonds. The summed E-state index contributed by atoms with van der Waals surface area (Å²) < 4.78 is 73.6. The number of anilines is 5. The topological polar surface area (TPSA) is 378 Å². The molecule has 1 aromatic heterocycles. The fraction of sp³-hybridized carbons (Fsp3) is 0.108. The van der Waals surface area contributed by atoms with E-state index < -0.39 is 42.0 Å². The predicted octanol–water partition coefficient (Wildman–Crippen LogP) is 6.45. The fourth-order valence-corrected chi connectivity index (χ4v) is 7.70. The van der Waals surface area contributed by atoms with E-state index in [1.807, 2.05) is 0 Å². The molecule has 1 heterocycles. The number of nitrogens with one attached hydrogen (secondary N) is 2. The lowest BCUT2D eigenvalue weighted by atomic mass is 10.1. The van der Waals surface area contributed by atoms with E-state index >= 15 is 0 Å². The second-order valence-electron chi connectivity index (χ2n) is 13.0. The maximum absolute atomic E-state index is 12.4. The molecule has 25 nitrogen and oxygen atoms in total. The molecule has 0 radical (unpaired) electrons. The molecule has 0 atom stereocenters. The summed E-state index contributed by atoms with van der Waals surface area (Å²) in [6, 6.07) is 19.8. The highest BCUT2D eigenvalue weighted by molar-refractivity contribution is 7.94. The summed E-state index contributed by atoms with van der Waals surface area (Å²) in [6.07, 6.45) is 0. The number of aliphatic hydroxyl groups excluding tert-OH is 2. The first-order valence-corrected chi connectivity index (χ1v) is 21.7. The van der Waals surface area contributed by atoms with Crippen LogP contribution in [-0.4, -0.2) is 105 Å². The molecule has 0 aliphatic rings. The van der Waals surface area contributed by atoms with Gasteiger partial charge in [0.05, 0.1) is 59.1 Å². The number of benzene rings is 5. The minimum Gasteiger partial charge on any atom is -0.478 e. The van der Waals surface area contributed by atoms with Crippen molar-refractivity contribution in [1.82, 2.24) is 15.0 Å². The lowest BCUT2D eigenvalue weighted by Gasteiger charge is -2.21. The molecule has 0 spiro atoms. The van der Waals surface area contributed by atoms with Gasteiger partial charge in [-0.2, -0.15) is 52.2 Å². The summed E-state index contributed by atoms with van der Waals surface area (Å²) in [4.78, 5) is 36.0. The molecule has 338 valence electrons. The van der Waals surface area contributed by atoms with E-state index in [0.717, 1.165) is 30.3 Å². The molecular weight excluding hydrogens is 921 g/mol. The Morgan fingerprint density at radius 3 is 1.51 bits per heavy atom. The van der Waals surface area contributed by atoms with Crippen molar-refractivity contribution < 1.29 is 70.6 Å². The van der Waals surface area contributed by atoms with Crippen molar-refractivity contribution in [3.8, 4) is 0 Å². The highest BCUT2D eigenvalue weighted by Gasteiger charge is 2.24. The van der Waals surface area contributed by atoms with Crippen LogP contribution >= 0.6 is 12.0 Å². The van der Waals surface area contributed by atoms with Crippen LogP contribution in [0.25, 0.3) is 10.8 Å². The maximum Gasteiger partial charge on any atom is 0.335 e. The standard InChI is InChI=1S/C37H32N10O15S3/c48-11-9-47(10-12-49)37-41-35(38-22-1-5-24(6-2-22)43-45-26-14-20(33(50)51)13-21(15-26)34(52)53)40-36(42-37)39-23-3-7-25(8-4-23)44-46-27-16-29-30(31(17-27)64(55,56)57)18-28(63-62-61-54)19-32(29)65(58,59)60/h1-8,13-19,48-49,54H,9-12H2,(H,50,51)(H,52,53)(H,55,56,57)(H,58,59,60)(H2,38,39,40,41,42). The Hall–Kier alpha value is -7.12. The molecule has 0 aliphatic heterocycles. The number of carboxylic acid groups (broad SMARTS) is 2. The Morgan fingerprint density at radius 2 is 1.06 bits per heavy atom. The van der Waals surface area contributed by atoms with E-state index in [4.69, 9.17) is 5.26 Å². The Morgan fingerprint density at radius 1 is 0.615 bits per heavy atom. The summed E-state index contributed by atoms with van der Waals surface area (Å²) in [6.45, 7) is -0.477. The first-order valence-electron chi connectivity index (χ1n) is 18.1. The minimum absolute atomic E-state index is 0.00680. The van der Waals surface area contributed by atoms with Crippen LogP contribution in [-0.2, 0) is 29.6 Å². The molecule has 0 saturated carbocycles. The fourth-order valence-electron chi connectivity index (χ4n) is 5.74. The first kappa shape index (κ1) is 47.4. The van der Waals surface area contributed by atoms with E-state index in [2.05, 4.69) is 55.4 Å². The van der Waals surface area contributed by atoms with Crippen molar-refractivity contribution in [1.29, 1.82) is 0 Å². The van der Waals surface area contributed by atoms with Gasteiger partial charge in [0.15, 0.2) is 0 Å². The van der Waals surface area contributed by atoms with Gasteiger partial charge in [0.2, 0.25) is 17.8 Å². The molecule has 0 bridgehead atoms. The van der Waals surface area contributed by atoms with Crippen LogP contribution in [0.2, 0.25) is 0 Å². The van der Waals surface area contributed by atoms with Crippen LogP contribution in [0, 0.1) is 0 Å². The van der Waals surface area contributed by atoms with Gasteiger partial charge in [0.1, 0.15) is 9.79 Å². The van der Waals surface area contributed by atoms with Gasteiger partial charge in [0.25, 0.3) is 20.2 Å². The second kappa shape index (κ2) is 20.6. The van der Waals surface area contributed by atoms with Crippen LogP contribution < -0.4 is 15.5 Å². The summed E-state index contributed by atoms with van der Waals surface area (Å²) in [7, 11) is -10.0. The van der Waals surface area contributed by atoms with Gasteiger partial charge in [-0.3, -0.25) is 9.11 Å². The quantitative estimate of drug-likeness (QED) is 0.0130. The molecule has 5 aromatic carbocycles. The number of aromatic carboxylic acids is 2. The van der Waals surface area contributed by atoms with Crippen LogP contribution in [0.15, 0.2) is 126 Å². The number of carbonyl (C=O) groups is 2. The molecule has 6 rings (SSSR count). The molecule has 6 aromatic rings. The Kier molecular flexibility index (Phi) is 15.0. The van der Waals surface area contributed by atoms with Gasteiger partial charge in [-0.15, -0.1) is 4.33 Å². The van der Waals surface area contributed by atoms with Gasteiger partial charge < -0.3 is 36.0 Å². The predicted molar refractivity (Wildman–Crippen MR) is 229 cm³/mol. The number of aromatic nitrogens is 3. The van der Waals surface area contributed by atoms with Crippen LogP contribution in [0.3, 0.4) is 0 Å². The number of hydrogen-bond donors (Lipinski definition) is 9. The van der Waals surface area contributed by atoms with Crippen LogP contribution in [0.1, 0.15) is 20.7 Å². The van der Waals surface area contributed by atoms with Crippen molar-refractivity contribution in [2.75, 3.05) is 41.8 Å². The zero-order chi connectivity index (χ0) is 46.9. The van der Waals surface area contributed by atoms with E-state index in [-0.39, 0.29) is 100 Å². The SMILES string of the molecule is O=C(O)c1cc(N=Nc2ccc(Nc3nc(Nc4ccc(N=Nc5cc(S(=O)(=O)O)c6cc(SOOO)cc(S(=O)(=O)O)c6c5)cc4)nc(N(CCO)CCO)n3)cc2)cc(C(=O)O)c1. The summed E-state index contributed by atoms with van der Waals surface area (Å²) in [5, 5.41) is 71.5. The van der Waals surface area contributed by atoms with E-state index in [0.29, 0.717) is 17.1 Å². The molecule has 28 heteroatoms. The van der Waals surface area contributed by atoms with Crippen molar-refractivity contribution >= 4 is 107 Å². The largest absolute Gasteiger partial charge is 0.478 e. The number of nitrogens with zero attached hydrogens (tertiary/aromatic N) is 8. The third-order valence-electron chi connectivity index (χ3n) is 8.54. The molecule has 0 saturated heterocycles. The normalized spacial score (nSPS) is 12.0. The van der Waals surface area contributed by atoms with E-state index in [1.54, 1.807) is 36.4 Å². The lowest BCUT2D eigenvalue weighted by molar-refractivity contribution is -0.432. The highest BCUT2D eigenvalue weighted by atomic mass is 32.2. The highest BCUT2D eigenvalue weighted by Crippen LogP contribution is 2.37. The number of rotatable bonds is 20. The monoisotopic (exact) mass is 952 g/mol. The maximum atomic E-state index is 12.4. The molecule has 0 unspecified atom stereocenters. The van der Waals surface area contributed by atoms with Gasteiger partial charge >= 0.3 is 11.9 Å². The van der Waals surface area contributed by atoms with Gasteiger partial charge in [-0.05, 0) is 91.0 Å². The average molecular weight is 953 g/mol. The van der Waals surface area contributed by atoms with Crippen LogP contribution in [0.4, 0.5) is 52.0 Å². The molecule has 0 aliphatic carbocycles. The van der Waals surface area contributed by atoms with E-state index in [9.17, 15) is 56.0 Å². The summed E-state index contributed by atoms with van der Waals surface area (Å²) >= 11 is 0.273. The lowest BCUT2D eigenvalue weighted by Crippen LogP contribution is -2.31. The van der Waals surface area contributed by atoms with Gasteiger partial charge in [-0.1, -0.05) is 5.04 Å². The third-order valence-corrected chi connectivity index (χ3v) is 10.9. The Bertz CT molecular complexity index is 3000. The zero-order valence-corrected chi connectivity index (χ0v) is 35.1. The summed E-state index contributed by atoms with van der Waals surface area (Å²) in [5.41, 5.74) is 0.644. The van der Waals surface area contributed by atoms with Crippen molar-refractivity contribution in [3.05, 3.63) is 102 Å². The number of hydrogen-bond acceptors (Lipinski definition) is 22. The second-order valence-corrected chi connectivity index (χ2v) is 16.5. The summed E-state index contributed by atoms with van der Waals surface area (Å²) in [5.74, 6) is -2.55. The molecule has 65 heavy (non-hydrogen) atoms. The Labute approximate surface area is 370 Å². The van der Waals surface area contributed by atoms with Crippen molar-refractivity contribution in [3.63, 3.8) is 0 Å². The Balaban J connectivity index is 1.24. The van der Waals surface area contributed by atoms with Gasteiger partial charge in [0, 0.05) is 40.1 Å². The third kappa shape index (κ3) is 12.5. The number of azo groups is 2. The smallest absolute Gasteiger partial charge is 0.335 e. The van der Waals surface area contributed by atoms with Crippen molar-refractivity contribution in [2.24, 2.45) is 20.5 Å². The van der Waals surface area contributed by atoms with Crippen LogP contribution in [0.5, 0.6) is 0 Å². The molecule has 9 N–H and O–H groups in total. The molecule has 0 fully saturated rings. The molecular formula is C37H32N10O15S3. The van der Waals surface area contributed by atoms with Crippen molar-refractivity contribution in [2.45, 2.75) is 14.7 Å². The van der Waals surface area contributed by atoms with Gasteiger partial charge in [-0.25, -0.2) is 14.8 Å². The zero-order valence-electron chi connectivity index (χ0n) is 32.7. The van der Waals surface area contributed by atoms with E-state index in [1.165, 1.54) is 29.2 Å². The number of fused-ring (bicyclic) bond motifs is 1.